The van der Waals surface area contributed by atoms with Crippen molar-refractivity contribution in [2.45, 2.75) is 19.4 Å². The van der Waals surface area contributed by atoms with Crippen LogP contribution in [-0.2, 0) is 9.57 Å². The molecule has 0 saturated carbocycles. The summed E-state index contributed by atoms with van der Waals surface area (Å²) >= 11 is 1.36. The summed E-state index contributed by atoms with van der Waals surface area (Å²) in [7, 11) is 0. The van der Waals surface area contributed by atoms with E-state index in [-0.39, 0.29) is 12.0 Å². The molecule has 0 spiro atoms. The van der Waals surface area contributed by atoms with Crippen molar-refractivity contribution in [3.8, 4) is 11.1 Å². The first-order valence-electron chi connectivity index (χ1n) is 9.69. The van der Waals surface area contributed by atoms with Crippen LogP contribution in [0.2, 0.25) is 0 Å². The molecular weight excluding hydrogens is 400 g/mol. The van der Waals surface area contributed by atoms with Gasteiger partial charge in [0.25, 0.3) is 0 Å². The van der Waals surface area contributed by atoms with Crippen LogP contribution in [0.5, 0.6) is 0 Å². The molecule has 1 heterocycles. The molecule has 1 atom stereocenters. The van der Waals surface area contributed by atoms with Crippen LogP contribution in [-0.4, -0.2) is 25.1 Å². The number of carbonyl (C=O) groups excluding carboxylic acids is 2. The number of hydrogen-bond acceptors (Lipinski definition) is 7. The number of nitrogens with two attached hydrogens (primary N) is 1. The van der Waals surface area contributed by atoms with E-state index in [2.05, 4.69) is 5.48 Å². The highest BCUT2D eigenvalue weighted by Crippen LogP contribution is 2.28. The average Bonchev–Trinajstić information content (AvgIpc) is 3.28. The highest BCUT2D eigenvalue weighted by atomic mass is 32.1. The van der Waals surface area contributed by atoms with Gasteiger partial charge in [0, 0.05) is 12.6 Å². The van der Waals surface area contributed by atoms with Gasteiger partial charge in [0.15, 0.2) is 0 Å². The number of thiophene rings is 1. The number of nitrogens with one attached hydrogen (secondary N) is 1. The molecule has 0 saturated heterocycles. The Balaban J connectivity index is 1.54. The third-order valence-electron chi connectivity index (χ3n) is 4.46. The lowest BCUT2D eigenvalue weighted by Crippen LogP contribution is -2.24. The molecule has 0 radical (unpaired) electrons. The predicted octanol–water partition coefficient (Wildman–Crippen LogP) is 4.34. The lowest BCUT2D eigenvalue weighted by molar-refractivity contribution is 0.0248. The molecule has 0 aliphatic rings. The summed E-state index contributed by atoms with van der Waals surface area (Å²) < 4.78 is 5.05. The molecule has 0 fully saturated rings. The smallest absolute Gasteiger partial charge is 0.356 e. The second-order valence-electron chi connectivity index (χ2n) is 6.59. The molecule has 3 rings (SSSR count). The first-order chi connectivity index (χ1) is 14.6. The lowest BCUT2D eigenvalue weighted by atomic mass is 9.99. The summed E-state index contributed by atoms with van der Waals surface area (Å²) in [6, 6.07) is 18.3. The van der Waals surface area contributed by atoms with Gasteiger partial charge in [0.1, 0.15) is 4.88 Å². The van der Waals surface area contributed by atoms with Crippen LogP contribution >= 0.6 is 11.3 Å². The quantitative estimate of drug-likeness (QED) is 0.302. The Labute approximate surface area is 179 Å². The van der Waals surface area contributed by atoms with Crippen LogP contribution in [0.3, 0.4) is 0 Å². The monoisotopic (exact) mass is 424 g/mol. The Kier molecular flexibility index (Phi) is 7.73. The van der Waals surface area contributed by atoms with E-state index < -0.39 is 5.97 Å². The van der Waals surface area contributed by atoms with E-state index >= 15 is 0 Å². The molecule has 3 N–H and O–H groups in total. The minimum absolute atomic E-state index is 0.226. The zero-order chi connectivity index (χ0) is 21.3. The molecule has 0 bridgehead atoms. The first kappa shape index (κ1) is 21.7. The number of ether oxygens (including phenoxy) is 1. The Hall–Kier alpha value is -3.00. The summed E-state index contributed by atoms with van der Waals surface area (Å²) in [4.78, 5) is 29.4. The van der Waals surface area contributed by atoms with E-state index in [1.54, 1.807) is 31.2 Å². The molecule has 0 aliphatic carbocycles. The van der Waals surface area contributed by atoms with Gasteiger partial charge >= 0.3 is 11.9 Å². The Morgan fingerprint density at radius 2 is 1.83 bits per heavy atom. The Morgan fingerprint density at radius 1 is 1.03 bits per heavy atom. The molecule has 0 amide bonds. The van der Waals surface area contributed by atoms with Gasteiger partial charge in [-0.3, -0.25) is 0 Å². The van der Waals surface area contributed by atoms with Gasteiger partial charge in [-0.2, -0.15) is 5.48 Å². The van der Waals surface area contributed by atoms with Crippen molar-refractivity contribution in [1.82, 2.24) is 5.48 Å². The molecule has 1 aromatic heterocycles. The number of carbonyl (C=O) groups is 2. The topological polar surface area (TPSA) is 90.7 Å². The fourth-order valence-electron chi connectivity index (χ4n) is 2.88. The van der Waals surface area contributed by atoms with E-state index in [1.807, 2.05) is 41.8 Å². The highest BCUT2D eigenvalue weighted by Gasteiger charge is 2.13. The van der Waals surface area contributed by atoms with Crippen LogP contribution < -0.4 is 11.2 Å². The van der Waals surface area contributed by atoms with Crippen LogP contribution in [0.4, 0.5) is 0 Å². The second kappa shape index (κ2) is 10.7. The van der Waals surface area contributed by atoms with Crippen molar-refractivity contribution in [3.05, 3.63) is 82.0 Å². The molecule has 6 nitrogen and oxygen atoms in total. The molecule has 0 aliphatic heterocycles. The van der Waals surface area contributed by atoms with Crippen LogP contribution in [0.25, 0.3) is 11.1 Å². The first-order valence-corrected chi connectivity index (χ1v) is 10.6. The maximum absolute atomic E-state index is 11.9. The van der Waals surface area contributed by atoms with E-state index in [1.165, 1.54) is 11.3 Å². The molecule has 3 aromatic rings. The minimum Gasteiger partial charge on any atom is -0.462 e. The number of hydrogen-bond donors (Lipinski definition) is 2. The zero-order valence-corrected chi connectivity index (χ0v) is 17.5. The number of benzene rings is 2. The summed E-state index contributed by atoms with van der Waals surface area (Å²) in [6.45, 7) is 2.56. The third-order valence-corrected chi connectivity index (χ3v) is 5.37. The molecular formula is C23H24N2O4S. The van der Waals surface area contributed by atoms with Crippen LogP contribution in [0.15, 0.2) is 66.0 Å². The van der Waals surface area contributed by atoms with Gasteiger partial charge < -0.3 is 15.3 Å². The fraction of sp³-hybridized carbons (Fsp3) is 0.217. The third kappa shape index (κ3) is 5.76. The fourth-order valence-corrected chi connectivity index (χ4v) is 3.68. The minimum atomic E-state index is -0.430. The molecule has 2 aromatic carbocycles. The molecule has 1 unspecified atom stereocenters. The average molecular weight is 425 g/mol. The summed E-state index contributed by atoms with van der Waals surface area (Å²) in [5, 5.41) is 1.93. The van der Waals surface area contributed by atoms with Gasteiger partial charge in [-0.25, -0.2) is 9.59 Å². The van der Waals surface area contributed by atoms with Crippen molar-refractivity contribution >= 4 is 23.3 Å². The summed E-state index contributed by atoms with van der Waals surface area (Å²) in [5.41, 5.74) is 12.4. The lowest BCUT2D eigenvalue weighted by Gasteiger charge is -2.13. The van der Waals surface area contributed by atoms with Crippen molar-refractivity contribution in [1.29, 1.82) is 0 Å². The predicted molar refractivity (Wildman–Crippen MR) is 117 cm³/mol. The Bertz CT molecular complexity index is 988. The second-order valence-corrected chi connectivity index (χ2v) is 7.50. The number of hydroxylamine groups is 1. The number of esters is 1. The normalized spacial score (nSPS) is 11.7. The maximum atomic E-state index is 11.9. The van der Waals surface area contributed by atoms with Gasteiger partial charge in [-0.05, 0) is 59.7 Å². The summed E-state index contributed by atoms with van der Waals surface area (Å²) in [5.74, 6) is -0.737. The Morgan fingerprint density at radius 3 is 2.60 bits per heavy atom. The van der Waals surface area contributed by atoms with E-state index in [0.29, 0.717) is 30.0 Å². The molecule has 30 heavy (non-hydrogen) atoms. The standard InChI is InChI=1S/C23H24N2O4S/c1-2-28-23(27)21-14-19(15-30-21)17-9-6-10-18(13-17)20(24)11-12-25-29-22(26)16-7-4-3-5-8-16/h3-10,13-15,20,25H,2,11-12,24H2,1H3. The van der Waals surface area contributed by atoms with Crippen molar-refractivity contribution in [3.63, 3.8) is 0 Å². The highest BCUT2D eigenvalue weighted by molar-refractivity contribution is 7.12. The van der Waals surface area contributed by atoms with Gasteiger partial charge in [0.2, 0.25) is 0 Å². The van der Waals surface area contributed by atoms with Gasteiger partial charge in [-0.1, -0.05) is 36.4 Å². The number of rotatable bonds is 9. The SMILES string of the molecule is CCOC(=O)c1cc(-c2cccc(C(N)CCNOC(=O)c3ccccc3)c2)cs1. The maximum Gasteiger partial charge on any atom is 0.356 e. The van der Waals surface area contributed by atoms with E-state index in [9.17, 15) is 9.59 Å². The van der Waals surface area contributed by atoms with E-state index in [4.69, 9.17) is 15.3 Å². The van der Waals surface area contributed by atoms with Gasteiger partial charge in [-0.15, -0.1) is 11.3 Å². The largest absolute Gasteiger partial charge is 0.462 e. The zero-order valence-electron chi connectivity index (χ0n) is 16.7. The molecule has 7 heteroatoms. The van der Waals surface area contributed by atoms with Crippen LogP contribution in [0, 0.1) is 0 Å². The van der Waals surface area contributed by atoms with E-state index in [0.717, 1.165) is 16.7 Å². The molecule has 156 valence electrons. The summed E-state index contributed by atoms with van der Waals surface area (Å²) in [6.07, 6.45) is 0.587. The van der Waals surface area contributed by atoms with Crippen molar-refractivity contribution < 1.29 is 19.2 Å². The van der Waals surface area contributed by atoms with Crippen molar-refractivity contribution in [2.24, 2.45) is 5.73 Å². The van der Waals surface area contributed by atoms with Gasteiger partial charge in [0.05, 0.1) is 12.2 Å². The van der Waals surface area contributed by atoms with Crippen molar-refractivity contribution in [2.75, 3.05) is 13.2 Å². The van der Waals surface area contributed by atoms with Crippen LogP contribution in [0.1, 0.15) is 45.0 Å².